The van der Waals surface area contributed by atoms with Crippen molar-refractivity contribution in [2.45, 2.75) is 13.5 Å². The minimum atomic E-state index is 0.246. The van der Waals surface area contributed by atoms with Crippen molar-refractivity contribution in [3.8, 4) is 11.8 Å². The van der Waals surface area contributed by atoms with Gasteiger partial charge in [-0.3, -0.25) is 0 Å². The Hall–Kier alpha value is -1.17. The van der Waals surface area contributed by atoms with Crippen molar-refractivity contribution in [2.24, 2.45) is 5.73 Å². The van der Waals surface area contributed by atoms with Gasteiger partial charge in [0, 0.05) is 16.7 Å². The third kappa shape index (κ3) is 3.19. The molecule has 0 amide bonds. The summed E-state index contributed by atoms with van der Waals surface area (Å²) in [7, 11) is 0. The van der Waals surface area contributed by atoms with Crippen LogP contribution in [0.1, 0.15) is 11.4 Å². The van der Waals surface area contributed by atoms with Crippen molar-refractivity contribution >= 4 is 27.5 Å². The number of ether oxygens (including phenoxy) is 1. The van der Waals surface area contributed by atoms with Gasteiger partial charge in [0.05, 0.1) is 10.7 Å². The molecule has 0 saturated carbocycles. The van der Waals surface area contributed by atoms with Crippen molar-refractivity contribution in [3.05, 3.63) is 45.1 Å². The zero-order valence-corrected chi connectivity index (χ0v) is 12.0. The number of nitrogens with two attached hydrogens (primary N) is 1. The van der Waals surface area contributed by atoms with Gasteiger partial charge in [0.25, 0.3) is 0 Å². The lowest BCUT2D eigenvalue weighted by Crippen LogP contribution is -2.03. The molecule has 2 rings (SSSR count). The second kappa shape index (κ2) is 5.65. The van der Waals surface area contributed by atoms with Gasteiger partial charge in [-0.15, -0.1) is 0 Å². The topological polar surface area (TPSA) is 61.0 Å². The lowest BCUT2D eigenvalue weighted by Gasteiger charge is -2.08. The fourth-order valence-electron chi connectivity index (χ4n) is 1.41. The molecular weight excluding hydrogens is 318 g/mol. The molecule has 0 unspecified atom stereocenters. The maximum absolute atomic E-state index is 6.03. The molecule has 0 aliphatic rings. The summed E-state index contributed by atoms with van der Waals surface area (Å²) in [6.07, 6.45) is 0. The Labute approximate surface area is 118 Å². The molecule has 1 aromatic carbocycles. The molecule has 94 valence electrons. The van der Waals surface area contributed by atoms with E-state index in [0.717, 1.165) is 15.9 Å². The predicted molar refractivity (Wildman–Crippen MR) is 73.9 cm³/mol. The molecule has 0 atom stereocenters. The molecule has 2 aromatic rings. The van der Waals surface area contributed by atoms with Crippen LogP contribution in [0.25, 0.3) is 0 Å². The molecule has 6 heteroatoms. The summed E-state index contributed by atoms with van der Waals surface area (Å²) in [6, 6.07) is 7.39. The summed E-state index contributed by atoms with van der Waals surface area (Å²) < 4.78 is 6.44. The highest BCUT2D eigenvalue weighted by atomic mass is 79.9. The van der Waals surface area contributed by atoms with E-state index in [4.69, 9.17) is 22.1 Å². The molecule has 1 heterocycles. The lowest BCUT2D eigenvalue weighted by atomic mass is 10.3. The monoisotopic (exact) mass is 327 g/mol. The smallest absolute Gasteiger partial charge is 0.322 e. The minimum absolute atomic E-state index is 0.246. The van der Waals surface area contributed by atoms with Crippen LogP contribution in [-0.2, 0) is 6.54 Å². The van der Waals surface area contributed by atoms with Crippen molar-refractivity contribution in [2.75, 3.05) is 0 Å². The molecule has 4 nitrogen and oxygen atoms in total. The van der Waals surface area contributed by atoms with E-state index in [1.165, 1.54) is 0 Å². The lowest BCUT2D eigenvalue weighted by molar-refractivity contribution is 0.438. The Balaban J connectivity index is 2.33. The fourth-order valence-corrected chi connectivity index (χ4v) is 1.90. The number of aryl methyl sites for hydroxylation is 1. The Morgan fingerprint density at radius 2 is 2.11 bits per heavy atom. The fraction of sp³-hybridized carbons (Fsp3) is 0.167. The summed E-state index contributed by atoms with van der Waals surface area (Å²) >= 11 is 9.39. The highest BCUT2D eigenvalue weighted by molar-refractivity contribution is 9.10. The first-order valence-corrected chi connectivity index (χ1v) is 6.43. The van der Waals surface area contributed by atoms with Crippen LogP contribution in [0.2, 0.25) is 5.02 Å². The quantitative estimate of drug-likeness (QED) is 0.937. The van der Waals surface area contributed by atoms with Crippen LogP contribution >= 0.6 is 27.5 Å². The number of hydrogen-bond acceptors (Lipinski definition) is 4. The van der Waals surface area contributed by atoms with Gasteiger partial charge in [-0.05, 0) is 31.2 Å². The van der Waals surface area contributed by atoms with Crippen molar-refractivity contribution < 1.29 is 4.74 Å². The molecule has 0 saturated heterocycles. The SMILES string of the molecule is Cc1cc(CN)nc(Oc2cc(Br)ccc2Cl)n1. The molecule has 1 aromatic heterocycles. The van der Waals surface area contributed by atoms with Crippen molar-refractivity contribution in [3.63, 3.8) is 0 Å². The molecule has 0 aliphatic heterocycles. The van der Waals surface area contributed by atoms with E-state index in [-0.39, 0.29) is 6.01 Å². The number of aromatic nitrogens is 2. The van der Waals surface area contributed by atoms with Crippen LogP contribution in [0, 0.1) is 6.92 Å². The first kappa shape index (κ1) is 13.3. The Morgan fingerprint density at radius 1 is 1.33 bits per heavy atom. The van der Waals surface area contributed by atoms with Crippen LogP contribution in [-0.4, -0.2) is 9.97 Å². The summed E-state index contributed by atoms with van der Waals surface area (Å²) in [6.45, 7) is 2.20. The van der Waals surface area contributed by atoms with Crippen molar-refractivity contribution in [1.29, 1.82) is 0 Å². The average molecular weight is 329 g/mol. The number of hydrogen-bond donors (Lipinski definition) is 1. The highest BCUT2D eigenvalue weighted by Crippen LogP contribution is 2.30. The van der Waals surface area contributed by atoms with E-state index in [1.807, 2.05) is 19.1 Å². The molecule has 0 aliphatic carbocycles. The van der Waals surface area contributed by atoms with Gasteiger partial charge in [0.2, 0.25) is 0 Å². The second-order valence-electron chi connectivity index (χ2n) is 3.66. The predicted octanol–water partition coefficient (Wildman–Crippen LogP) is 3.45. The molecule has 0 spiro atoms. The summed E-state index contributed by atoms with van der Waals surface area (Å²) in [5.74, 6) is 0.500. The summed E-state index contributed by atoms with van der Waals surface area (Å²) in [5.41, 5.74) is 7.08. The first-order valence-electron chi connectivity index (χ1n) is 5.26. The third-order valence-corrected chi connectivity index (χ3v) is 3.00. The highest BCUT2D eigenvalue weighted by Gasteiger charge is 2.07. The van der Waals surface area contributed by atoms with E-state index in [0.29, 0.717) is 17.3 Å². The van der Waals surface area contributed by atoms with E-state index in [9.17, 15) is 0 Å². The Bertz CT molecular complexity index is 577. The van der Waals surface area contributed by atoms with E-state index >= 15 is 0 Å². The largest absolute Gasteiger partial charge is 0.423 e. The maximum atomic E-state index is 6.03. The van der Waals surface area contributed by atoms with Crippen LogP contribution in [0.15, 0.2) is 28.7 Å². The summed E-state index contributed by atoms with van der Waals surface area (Å²) in [4.78, 5) is 8.37. The number of halogens is 2. The van der Waals surface area contributed by atoms with Crippen LogP contribution in [0.3, 0.4) is 0 Å². The van der Waals surface area contributed by atoms with Crippen LogP contribution in [0.5, 0.6) is 11.8 Å². The van der Waals surface area contributed by atoms with E-state index in [1.54, 1.807) is 12.1 Å². The molecule has 0 fully saturated rings. The number of nitrogens with zero attached hydrogens (tertiary/aromatic N) is 2. The van der Waals surface area contributed by atoms with Gasteiger partial charge in [-0.25, -0.2) is 4.98 Å². The van der Waals surface area contributed by atoms with Crippen LogP contribution in [0.4, 0.5) is 0 Å². The van der Waals surface area contributed by atoms with Crippen LogP contribution < -0.4 is 10.5 Å². The second-order valence-corrected chi connectivity index (χ2v) is 4.99. The van der Waals surface area contributed by atoms with E-state index < -0.39 is 0 Å². The number of rotatable bonds is 3. The summed E-state index contributed by atoms with van der Waals surface area (Å²) in [5, 5.41) is 0.498. The normalized spacial score (nSPS) is 10.4. The van der Waals surface area contributed by atoms with Gasteiger partial charge in [0.1, 0.15) is 0 Å². The Kier molecular flexibility index (Phi) is 4.16. The van der Waals surface area contributed by atoms with Gasteiger partial charge in [-0.2, -0.15) is 4.98 Å². The van der Waals surface area contributed by atoms with E-state index in [2.05, 4.69) is 25.9 Å². The molecule has 0 radical (unpaired) electrons. The Morgan fingerprint density at radius 3 is 2.83 bits per heavy atom. The first-order chi connectivity index (χ1) is 8.58. The molecule has 2 N–H and O–H groups in total. The maximum Gasteiger partial charge on any atom is 0.322 e. The third-order valence-electron chi connectivity index (χ3n) is 2.19. The zero-order chi connectivity index (χ0) is 13.1. The standard InChI is InChI=1S/C12H11BrClN3O/c1-7-4-9(6-15)17-12(16-7)18-11-5-8(13)2-3-10(11)14/h2-5H,6,15H2,1H3. The van der Waals surface area contributed by atoms with Gasteiger partial charge in [0.15, 0.2) is 5.75 Å². The molecular formula is C12H11BrClN3O. The number of benzene rings is 1. The zero-order valence-electron chi connectivity index (χ0n) is 9.65. The van der Waals surface area contributed by atoms with Gasteiger partial charge in [-0.1, -0.05) is 27.5 Å². The van der Waals surface area contributed by atoms with Gasteiger partial charge < -0.3 is 10.5 Å². The van der Waals surface area contributed by atoms with Crippen molar-refractivity contribution in [1.82, 2.24) is 9.97 Å². The molecule has 18 heavy (non-hydrogen) atoms. The minimum Gasteiger partial charge on any atom is -0.423 e. The molecule has 0 bridgehead atoms. The average Bonchev–Trinajstić information content (AvgIpc) is 2.33. The van der Waals surface area contributed by atoms with Gasteiger partial charge >= 0.3 is 6.01 Å².